The van der Waals surface area contributed by atoms with Crippen molar-refractivity contribution in [2.45, 2.75) is 13.5 Å². The lowest BCUT2D eigenvalue weighted by molar-refractivity contribution is 0.0966. The van der Waals surface area contributed by atoms with Crippen LogP contribution in [0, 0.1) is 11.8 Å². The summed E-state index contributed by atoms with van der Waals surface area (Å²) >= 11 is 17.0. The third-order valence-corrected chi connectivity index (χ3v) is 4.47. The van der Waals surface area contributed by atoms with Crippen LogP contribution in [0.1, 0.15) is 15.9 Å². The Morgan fingerprint density at radius 1 is 1.17 bits per heavy atom. The number of carbonyl (C=O) groups excluding carboxylic acids is 1. The second kappa shape index (κ2) is 6.89. The molecule has 0 atom stereocenters. The van der Waals surface area contributed by atoms with Crippen molar-refractivity contribution in [3.63, 3.8) is 0 Å². The average molecular weight is 379 g/mol. The Balaban J connectivity index is 1.85. The molecule has 4 nitrogen and oxygen atoms in total. The van der Waals surface area contributed by atoms with Gasteiger partial charge in [0.2, 0.25) is 5.89 Å². The maximum absolute atomic E-state index is 12.4. The Bertz CT molecular complexity index is 961. The predicted octanol–water partition coefficient (Wildman–Crippen LogP) is 5.37. The van der Waals surface area contributed by atoms with E-state index in [1.165, 1.54) is 10.7 Å². The van der Waals surface area contributed by atoms with Crippen LogP contribution in [-0.4, -0.2) is 15.6 Å². The van der Waals surface area contributed by atoms with E-state index in [2.05, 4.69) is 5.10 Å². The van der Waals surface area contributed by atoms with Crippen LogP contribution in [0.3, 0.4) is 0 Å². The Kier molecular flexibility index (Phi) is 4.85. The molecule has 1 aromatic heterocycles. The summed E-state index contributed by atoms with van der Waals surface area (Å²) in [6, 6.07) is 12.4. The van der Waals surface area contributed by atoms with Gasteiger partial charge >= 0.3 is 0 Å². The van der Waals surface area contributed by atoms with E-state index in [1.807, 2.05) is 31.2 Å². The number of halogens is 2. The van der Waals surface area contributed by atoms with E-state index in [9.17, 15) is 4.79 Å². The molecule has 0 aliphatic carbocycles. The van der Waals surface area contributed by atoms with Crippen LogP contribution in [0.5, 0.6) is 0 Å². The summed E-state index contributed by atoms with van der Waals surface area (Å²) in [4.78, 5) is 12.5. The van der Waals surface area contributed by atoms with Gasteiger partial charge in [0.25, 0.3) is 4.84 Å². The third-order valence-electron chi connectivity index (χ3n) is 3.44. The molecule has 0 N–H and O–H groups in total. The minimum atomic E-state index is -0.187. The van der Waals surface area contributed by atoms with Crippen LogP contribution >= 0.6 is 35.4 Å². The molecule has 24 heavy (non-hydrogen) atoms. The normalized spacial score (nSPS) is 10.8. The molecule has 7 heteroatoms. The molecule has 2 aromatic carbocycles. The number of carbonyl (C=O) groups is 1. The van der Waals surface area contributed by atoms with E-state index >= 15 is 0 Å². The van der Waals surface area contributed by atoms with Gasteiger partial charge in [0.05, 0.1) is 10.0 Å². The summed E-state index contributed by atoms with van der Waals surface area (Å²) < 4.78 is 6.84. The van der Waals surface area contributed by atoms with Gasteiger partial charge < -0.3 is 4.42 Å². The zero-order valence-corrected chi connectivity index (χ0v) is 15.0. The molecular formula is C17H12Cl2N2O2S. The van der Waals surface area contributed by atoms with E-state index in [4.69, 9.17) is 39.8 Å². The molecule has 1 heterocycles. The highest BCUT2D eigenvalue weighted by Crippen LogP contribution is 2.23. The lowest BCUT2D eigenvalue weighted by Crippen LogP contribution is -2.11. The summed E-state index contributed by atoms with van der Waals surface area (Å²) in [6.07, 6.45) is 0. The van der Waals surface area contributed by atoms with Crippen LogP contribution in [0.15, 0.2) is 46.9 Å². The molecule has 0 radical (unpaired) electrons. The van der Waals surface area contributed by atoms with Gasteiger partial charge in [-0.15, -0.1) is 5.10 Å². The van der Waals surface area contributed by atoms with Gasteiger partial charge in [0.1, 0.15) is 6.54 Å². The molecular weight excluding hydrogens is 367 g/mol. The molecule has 0 bridgehead atoms. The first-order valence-electron chi connectivity index (χ1n) is 7.07. The third kappa shape index (κ3) is 3.59. The lowest BCUT2D eigenvalue weighted by Gasteiger charge is -2.02. The van der Waals surface area contributed by atoms with Crippen molar-refractivity contribution in [2.24, 2.45) is 0 Å². The quantitative estimate of drug-likeness (QED) is 0.452. The molecule has 0 saturated heterocycles. The van der Waals surface area contributed by atoms with E-state index < -0.39 is 0 Å². The van der Waals surface area contributed by atoms with Gasteiger partial charge in [-0.2, -0.15) is 0 Å². The minimum absolute atomic E-state index is 0.0356. The van der Waals surface area contributed by atoms with Crippen LogP contribution in [-0.2, 0) is 6.54 Å². The molecule has 0 unspecified atom stereocenters. The zero-order chi connectivity index (χ0) is 17.3. The largest absolute Gasteiger partial charge is 0.409 e. The summed E-state index contributed by atoms with van der Waals surface area (Å²) in [5, 5.41) is 5.00. The first-order valence-corrected chi connectivity index (χ1v) is 8.24. The van der Waals surface area contributed by atoms with Gasteiger partial charge in [-0.3, -0.25) is 4.79 Å². The summed E-state index contributed by atoms with van der Waals surface area (Å²) in [7, 11) is 0. The number of nitrogens with zero attached hydrogens (tertiary/aromatic N) is 2. The van der Waals surface area contributed by atoms with Gasteiger partial charge in [0.15, 0.2) is 5.78 Å². The van der Waals surface area contributed by atoms with Gasteiger partial charge in [0, 0.05) is 11.1 Å². The predicted molar refractivity (Wildman–Crippen MR) is 96.3 cm³/mol. The van der Waals surface area contributed by atoms with Crippen molar-refractivity contribution < 1.29 is 9.21 Å². The Morgan fingerprint density at radius 2 is 1.88 bits per heavy atom. The summed E-state index contributed by atoms with van der Waals surface area (Å²) in [5.41, 5.74) is 2.37. The Labute approximate surface area is 153 Å². The van der Waals surface area contributed by atoms with Gasteiger partial charge in [-0.05, 0) is 49.5 Å². The maximum atomic E-state index is 12.4. The summed E-state index contributed by atoms with van der Waals surface area (Å²) in [6.45, 7) is 1.96. The molecule has 0 fully saturated rings. The molecule has 0 spiro atoms. The molecule has 3 aromatic rings. The molecule has 0 saturated carbocycles. The van der Waals surface area contributed by atoms with Crippen molar-refractivity contribution in [1.82, 2.24) is 9.78 Å². The van der Waals surface area contributed by atoms with Crippen molar-refractivity contribution >= 4 is 41.2 Å². The number of Topliss-reactive ketones (excluding diaryl/α,β-unsaturated/α-hetero) is 1. The zero-order valence-electron chi connectivity index (χ0n) is 12.6. The fourth-order valence-electron chi connectivity index (χ4n) is 2.12. The number of ketones is 1. The number of hydrogen-bond donors (Lipinski definition) is 0. The molecule has 122 valence electrons. The van der Waals surface area contributed by atoms with E-state index in [0.29, 0.717) is 21.5 Å². The number of hydrogen-bond acceptors (Lipinski definition) is 4. The molecule has 0 amide bonds. The van der Waals surface area contributed by atoms with Gasteiger partial charge in [-0.1, -0.05) is 40.9 Å². The van der Waals surface area contributed by atoms with Crippen LogP contribution in [0.4, 0.5) is 0 Å². The van der Waals surface area contributed by atoms with Crippen molar-refractivity contribution in [2.75, 3.05) is 0 Å². The number of aromatic nitrogens is 2. The highest BCUT2D eigenvalue weighted by molar-refractivity contribution is 7.71. The highest BCUT2D eigenvalue weighted by atomic mass is 35.5. The summed E-state index contributed by atoms with van der Waals surface area (Å²) in [5.74, 6) is 0.190. The fraction of sp³-hybridized carbons (Fsp3) is 0.118. The smallest absolute Gasteiger partial charge is 0.287 e. The standard InChI is InChI=1S/C17H12Cl2N2O2S/c1-10-2-4-11(5-3-10)16-20-21(17(24)23-16)9-15(22)12-6-7-13(18)14(19)8-12/h2-8H,9H2,1H3. The SMILES string of the molecule is Cc1ccc(-c2nn(CC(=O)c3ccc(Cl)c(Cl)c3)c(=S)o2)cc1. The molecule has 0 aliphatic heterocycles. The molecule has 3 rings (SSSR count). The van der Waals surface area contributed by atoms with Crippen LogP contribution in [0.25, 0.3) is 11.5 Å². The topological polar surface area (TPSA) is 48.0 Å². The molecule has 0 aliphatic rings. The van der Waals surface area contributed by atoms with Crippen LogP contribution < -0.4 is 0 Å². The second-order valence-corrected chi connectivity index (χ2v) is 6.41. The first-order chi connectivity index (χ1) is 11.4. The van der Waals surface area contributed by atoms with Crippen LogP contribution in [0.2, 0.25) is 10.0 Å². The van der Waals surface area contributed by atoms with E-state index in [1.54, 1.807) is 12.1 Å². The average Bonchev–Trinajstić information content (AvgIpc) is 2.91. The fourth-order valence-corrected chi connectivity index (χ4v) is 2.60. The number of rotatable bonds is 4. The number of benzene rings is 2. The van der Waals surface area contributed by atoms with Crippen molar-refractivity contribution in [1.29, 1.82) is 0 Å². The highest BCUT2D eigenvalue weighted by Gasteiger charge is 2.13. The van der Waals surface area contributed by atoms with E-state index in [0.717, 1.165) is 11.1 Å². The van der Waals surface area contributed by atoms with Crippen molar-refractivity contribution in [3.8, 4) is 11.5 Å². The van der Waals surface area contributed by atoms with E-state index in [-0.39, 0.29) is 17.2 Å². The minimum Gasteiger partial charge on any atom is -0.409 e. The van der Waals surface area contributed by atoms with Crippen molar-refractivity contribution in [3.05, 3.63) is 68.5 Å². The number of aryl methyl sites for hydroxylation is 1. The lowest BCUT2D eigenvalue weighted by atomic mass is 10.1. The van der Waals surface area contributed by atoms with Gasteiger partial charge in [-0.25, -0.2) is 4.68 Å². The second-order valence-electron chi connectivity index (χ2n) is 5.25. The Morgan fingerprint density at radius 3 is 2.54 bits per heavy atom. The maximum Gasteiger partial charge on any atom is 0.287 e. The Hall–Kier alpha value is -1.95. The monoisotopic (exact) mass is 378 g/mol. The first kappa shape index (κ1) is 16.9.